The Morgan fingerprint density at radius 3 is 2.76 bits per heavy atom. The molecule has 0 aliphatic heterocycles. The number of nitrogens with zero attached hydrogens (tertiary/aromatic N) is 1. The minimum absolute atomic E-state index is 0.00315. The summed E-state index contributed by atoms with van der Waals surface area (Å²) in [4.78, 5) is 13.9. The third-order valence-electron chi connectivity index (χ3n) is 2.63. The van der Waals surface area contributed by atoms with Gasteiger partial charge in [0.15, 0.2) is 0 Å². The second-order valence-electron chi connectivity index (χ2n) is 3.89. The van der Waals surface area contributed by atoms with Crippen molar-refractivity contribution in [3.8, 4) is 0 Å². The van der Waals surface area contributed by atoms with E-state index in [1.165, 1.54) is 0 Å². The summed E-state index contributed by atoms with van der Waals surface area (Å²) in [5.74, 6) is 0.00315. The zero-order valence-corrected chi connectivity index (χ0v) is 12.2. The highest BCUT2D eigenvalue weighted by atomic mass is 79.9. The molecule has 1 aromatic carbocycles. The largest absolute Gasteiger partial charge is 0.392 e. The Morgan fingerprint density at radius 2 is 2.24 bits per heavy atom. The zero-order valence-electron chi connectivity index (χ0n) is 9.81. The SMILES string of the molecule is CC(C(N)=S)N(C)C(=O)Cc1cccc(Br)c1. The molecule has 1 unspecified atom stereocenters. The summed E-state index contributed by atoms with van der Waals surface area (Å²) in [7, 11) is 1.71. The summed E-state index contributed by atoms with van der Waals surface area (Å²) >= 11 is 8.25. The Hall–Kier alpha value is -0.940. The Labute approximate surface area is 115 Å². The molecule has 0 heterocycles. The van der Waals surface area contributed by atoms with Crippen molar-refractivity contribution in [2.24, 2.45) is 5.73 Å². The van der Waals surface area contributed by atoms with E-state index in [4.69, 9.17) is 18.0 Å². The second-order valence-corrected chi connectivity index (χ2v) is 5.28. The van der Waals surface area contributed by atoms with E-state index in [0.29, 0.717) is 11.4 Å². The van der Waals surface area contributed by atoms with E-state index >= 15 is 0 Å². The molecule has 92 valence electrons. The predicted molar refractivity (Wildman–Crippen MR) is 76.9 cm³/mol. The van der Waals surface area contributed by atoms with Gasteiger partial charge in [0, 0.05) is 11.5 Å². The molecule has 0 bridgehead atoms. The summed E-state index contributed by atoms with van der Waals surface area (Å²) in [5, 5.41) is 0. The van der Waals surface area contributed by atoms with Crippen LogP contribution in [0.15, 0.2) is 28.7 Å². The van der Waals surface area contributed by atoms with Crippen LogP contribution in [0.3, 0.4) is 0 Å². The first-order valence-corrected chi connectivity index (χ1v) is 6.41. The Kier molecular flexibility index (Phi) is 5.08. The van der Waals surface area contributed by atoms with E-state index in [9.17, 15) is 4.79 Å². The fraction of sp³-hybridized carbons (Fsp3) is 0.333. The fourth-order valence-corrected chi connectivity index (χ4v) is 1.96. The van der Waals surface area contributed by atoms with Gasteiger partial charge in [-0.15, -0.1) is 0 Å². The van der Waals surface area contributed by atoms with Gasteiger partial charge in [-0.3, -0.25) is 4.79 Å². The van der Waals surface area contributed by atoms with Crippen molar-refractivity contribution in [3.63, 3.8) is 0 Å². The molecule has 0 saturated heterocycles. The van der Waals surface area contributed by atoms with Crippen LogP contribution < -0.4 is 5.73 Å². The molecule has 1 amide bonds. The first-order chi connectivity index (χ1) is 7.91. The molecule has 0 fully saturated rings. The molecule has 0 aromatic heterocycles. The average molecular weight is 315 g/mol. The highest BCUT2D eigenvalue weighted by molar-refractivity contribution is 9.10. The monoisotopic (exact) mass is 314 g/mol. The molecule has 3 nitrogen and oxygen atoms in total. The predicted octanol–water partition coefficient (Wildman–Crippen LogP) is 2.12. The number of hydrogen-bond acceptors (Lipinski definition) is 2. The molecule has 2 N–H and O–H groups in total. The zero-order chi connectivity index (χ0) is 13.0. The van der Waals surface area contributed by atoms with Crippen LogP contribution in [-0.2, 0) is 11.2 Å². The van der Waals surface area contributed by atoms with Crippen molar-refractivity contribution >= 4 is 39.0 Å². The summed E-state index contributed by atoms with van der Waals surface area (Å²) in [6, 6.07) is 7.46. The Balaban J connectivity index is 2.69. The van der Waals surface area contributed by atoms with E-state index in [2.05, 4.69) is 15.9 Å². The quantitative estimate of drug-likeness (QED) is 0.866. The minimum Gasteiger partial charge on any atom is -0.392 e. The standard InChI is InChI=1S/C12H15BrN2OS/c1-8(12(14)17)15(2)11(16)7-9-4-3-5-10(13)6-9/h3-6,8H,7H2,1-2H3,(H2,14,17). The number of hydrogen-bond donors (Lipinski definition) is 1. The van der Waals surface area contributed by atoms with E-state index in [1.807, 2.05) is 31.2 Å². The smallest absolute Gasteiger partial charge is 0.227 e. The van der Waals surface area contributed by atoms with Crippen LogP contribution in [0.1, 0.15) is 12.5 Å². The van der Waals surface area contributed by atoms with Gasteiger partial charge in [0.1, 0.15) is 0 Å². The van der Waals surface area contributed by atoms with E-state index in [-0.39, 0.29) is 11.9 Å². The number of benzene rings is 1. The van der Waals surface area contributed by atoms with Crippen molar-refractivity contribution in [1.82, 2.24) is 4.90 Å². The molecule has 1 atom stereocenters. The van der Waals surface area contributed by atoms with E-state index in [1.54, 1.807) is 11.9 Å². The molecule has 17 heavy (non-hydrogen) atoms. The summed E-state index contributed by atoms with van der Waals surface area (Å²) in [6.07, 6.45) is 0.350. The minimum atomic E-state index is -0.218. The summed E-state index contributed by atoms with van der Waals surface area (Å²) in [6.45, 7) is 1.82. The van der Waals surface area contributed by atoms with Crippen molar-refractivity contribution in [2.45, 2.75) is 19.4 Å². The fourth-order valence-electron chi connectivity index (χ4n) is 1.35. The molecule has 0 saturated carbocycles. The molecule has 1 aromatic rings. The average Bonchev–Trinajstić information content (AvgIpc) is 2.26. The summed E-state index contributed by atoms with van der Waals surface area (Å²) < 4.78 is 0.966. The van der Waals surface area contributed by atoms with Crippen molar-refractivity contribution in [1.29, 1.82) is 0 Å². The normalized spacial score (nSPS) is 11.9. The number of rotatable bonds is 4. The number of carbonyl (C=O) groups excluding carboxylic acids is 1. The second kappa shape index (κ2) is 6.12. The van der Waals surface area contributed by atoms with Gasteiger partial charge < -0.3 is 10.6 Å². The van der Waals surface area contributed by atoms with Gasteiger partial charge in [-0.1, -0.05) is 40.3 Å². The molecule has 0 radical (unpaired) electrons. The Morgan fingerprint density at radius 1 is 1.59 bits per heavy atom. The number of nitrogens with two attached hydrogens (primary N) is 1. The van der Waals surface area contributed by atoms with Crippen LogP contribution in [-0.4, -0.2) is 28.9 Å². The maximum absolute atomic E-state index is 12.0. The number of amides is 1. The lowest BCUT2D eigenvalue weighted by molar-refractivity contribution is -0.129. The molecular formula is C12H15BrN2OS. The van der Waals surface area contributed by atoms with Crippen LogP contribution >= 0.6 is 28.1 Å². The Bertz CT molecular complexity index is 436. The maximum Gasteiger partial charge on any atom is 0.227 e. The number of likely N-dealkylation sites (N-methyl/N-ethyl adjacent to an activating group) is 1. The highest BCUT2D eigenvalue weighted by Crippen LogP contribution is 2.13. The van der Waals surface area contributed by atoms with Crippen LogP contribution in [0.4, 0.5) is 0 Å². The van der Waals surface area contributed by atoms with Gasteiger partial charge in [-0.25, -0.2) is 0 Å². The molecule has 0 aliphatic rings. The third kappa shape index (κ3) is 4.09. The lowest BCUT2D eigenvalue weighted by atomic mass is 10.1. The van der Waals surface area contributed by atoms with E-state index < -0.39 is 0 Å². The number of carbonyl (C=O) groups is 1. The van der Waals surface area contributed by atoms with Crippen LogP contribution in [0, 0.1) is 0 Å². The molecule has 1 rings (SSSR count). The van der Waals surface area contributed by atoms with Gasteiger partial charge in [0.05, 0.1) is 17.5 Å². The highest BCUT2D eigenvalue weighted by Gasteiger charge is 2.17. The number of halogens is 1. The molecular weight excluding hydrogens is 300 g/mol. The van der Waals surface area contributed by atoms with Crippen molar-refractivity contribution < 1.29 is 4.79 Å². The first-order valence-electron chi connectivity index (χ1n) is 5.21. The van der Waals surface area contributed by atoms with Crippen molar-refractivity contribution in [2.75, 3.05) is 7.05 Å². The topological polar surface area (TPSA) is 46.3 Å². The van der Waals surface area contributed by atoms with Gasteiger partial charge in [-0.2, -0.15) is 0 Å². The van der Waals surface area contributed by atoms with Gasteiger partial charge in [0.2, 0.25) is 5.91 Å². The molecule has 0 spiro atoms. The lowest BCUT2D eigenvalue weighted by Gasteiger charge is -2.24. The van der Waals surface area contributed by atoms with E-state index in [0.717, 1.165) is 10.0 Å². The van der Waals surface area contributed by atoms with Gasteiger partial charge >= 0.3 is 0 Å². The van der Waals surface area contributed by atoms with Crippen LogP contribution in [0.25, 0.3) is 0 Å². The lowest BCUT2D eigenvalue weighted by Crippen LogP contribution is -2.43. The van der Waals surface area contributed by atoms with Gasteiger partial charge in [0.25, 0.3) is 0 Å². The maximum atomic E-state index is 12.0. The summed E-state index contributed by atoms with van der Waals surface area (Å²) in [5.41, 5.74) is 6.49. The van der Waals surface area contributed by atoms with Crippen LogP contribution in [0.2, 0.25) is 0 Å². The molecule has 0 aliphatic carbocycles. The first kappa shape index (κ1) is 14.1. The van der Waals surface area contributed by atoms with Gasteiger partial charge in [-0.05, 0) is 24.6 Å². The van der Waals surface area contributed by atoms with Crippen molar-refractivity contribution in [3.05, 3.63) is 34.3 Å². The van der Waals surface area contributed by atoms with Crippen LogP contribution in [0.5, 0.6) is 0 Å². The number of thiocarbonyl (C=S) groups is 1. The molecule has 5 heteroatoms. The third-order valence-corrected chi connectivity index (χ3v) is 3.46.